The van der Waals surface area contributed by atoms with Gasteiger partial charge in [-0.15, -0.1) is 0 Å². The minimum Gasteiger partial charge on any atom is -0.466 e. The van der Waals surface area contributed by atoms with E-state index in [0.29, 0.717) is 19.4 Å². The third-order valence-electron chi connectivity index (χ3n) is 19.8. The minimum absolute atomic E-state index is 0.00744. The summed E-state index contributed by atoms with van der Waals surface area (Å²) in [7, 11) is 0. The molecule has 1 aliphatic rings. The van der Waals surface area contributed by atoms with Crippen molar-refractivity contribution in [2.75, 3.05) is 19.8 Å². The molecule has 1 amide bonds. The molecule has 1 aliphatic heterocycles. The molecule has 0 saturated carbocycles. The van der Waals surface area contributed by atoms with Gasteiger partial charge >= 0.3 is 5.97 Å². The minimum atomic E-state index is -1.58. The van der Waals surface area contributed by atoms with E-state index < -0.39 is 49.5 Å². The number of rotatable bonds is 75. The normalized spacial score (nSPS) is 17.5. The van der Waals surface area contributed by atoms with E-state index in [1.165, 1.54) is 321 Å². The molecule has 0 radical (unpaired) electrons. The number of amides is 1. The summed E-state index contributed by atoms with van der Waals surface area (Å²) in [6.07, 6.45) is 91.2. The Morgan fingerprint density at radius 2 is 0.701 bits per heavy atom. The Bertz CT molecular complexity index is 1800. The Morgan fingerprint density at radius 3 is 1.08 bits per heavy atom. The Morgan fingerprint density at radius 1 is 0.381 bits per heavy atom. The van der Waals surface area contributed by atoms with Crippen molar-refractivity contribution in [2.45, 2.75) is 455 Å². The van der Waals surface area contributed by atoms with Gasteiger partial charge in [0.15, 0.2) is 6.29 Å². The lowest BCUT2D eigenvalue weighted by molar-refractivity contribution is -0.302. The second-order valence-electron chi connectivity index (χ2n) is 29.2. The first-order valence-corrected chi connectivity index (χ1v) is 42.1. The molecule has 11 heteroatoms. The zero-order valence-electron chi connectivity index (χ0n) is 63.6. The smallest absolute Gasteiger partial charge is 0.305 e. The standard InChI is InChI=1S/C86H159NO10/c1-3-5-7-9-11-13-15-17-19-46-50-54-58-62-66-70-74-82(91)95-75-71-67-63-59-55-51-47-44-42-40-38-36-34-32-30-28-26-24-22-20-21-23-25-27-29-31-33-35-37-39-41-43-45-49-53-57-61-65-69-73-81(90)87-78(77-96-86-85(94)84(93)83(92)80(76-88)97-86)79(89)72-68-64-60-56-52-48-18-16-14-12-10-8-6-4-2/h19-21,24,26,46,52,56,68,72,78-80,83-86,88-89,92-94H,3-18,22-23,25,27-45,47-51,53-55,57-67,69-71,73-77H2,1-2H3,(H,87,90)/b21-20-,26-24-,46-19-,56-52+,72-68+. The average molecular weight is 1370 g/mol. The number of hydrogen-bond acceptors (Lipinski definition) is 10. The largest absolute Gasteiger partial charge is 0.466 e. The molecule has 0 aliphatic carbocycles. The molecule has 7 unspecified atom stereocenters. The van der Waals surface area contributed by atoms with Gasteiger partial charge < -0.3 is 45.1 Å². The second-order valence-corrected chi connectivity index (χ2v) is 29.2. The van der Waals surface area contributed by atoms with Crippen LogP contribution < -0.4 is 5.32 Å². The van der Waals surface area contributed by atoms with Crippen LogP contribution in [0.25, 0.3) is 0 Å². The Balaban J connectivity index is 1.90. The number of ether oxygens (including phenoxy) is 3. The van der Waals surface area contributed by atoms with E-state index in [1.54, 1.807) is 6.08 Å². The van der Waals surface area contributed by atoms with E-state index in [9.17, 15) is 35.1 Å². The van der Waals surface area contributed by atoms with Crippen LogP contribution in [0.1, 0.15) is 412 Å². The van der Waals surface area contributed by atoms with E-state index in [2.05, 4.69) is 67.8 Å². The topological polar surface area (TPSA) is 175 Å². The quantitative estimate of drug-likeness (QED) is 0.0195. The molecule has 97 heavy (non-hydrogen) atoms. The number of hydrogen-bond donors (Lipinski definition) is 6. The highest BCUT2D eigenvalue weighted by atomic mass is 16.7. The predicted octanol–water partition coefficient (Wildman–Crippen LogP) is 23.2. The van der Waals surface area contributed by atoms with Crippen LogP contribution in [0.15, 0.2) is 60.8 Å². The number of aliphatic hydroxyl groups is 5. The SMILES string of the molecule is CCCCCCCCC/C=C\CCCCCCCC(=O)OCCCCCCCCCCCCCCCCC/C=C\C/C=C\CCCCCCCCCCCCCCCCCCCC(=O)NC(COC1OC(CO)C(O)C(O)C1O)C(O)/C=C/CC/C=C/CCCCCCCCCC. The molecule has 1 saturated heterocycles. The van der Waals surface area contributed by atoms with Gasteiger partial charge in [-0.1, -0.05) is 357 Å². The number of nitrogens with one attached hydrogen (secondary N) is 1. The molecule has 0 aromatic heterocycles. The fourth-order valence-electron chi connectivity index (χ4n) is 13.2. The van der Waals surface area contributed by atoms with Crippen molar-refractivity contribution < 1.29 is 49.3 Å². The van der Waals surface area contributed by atoms with E-state index in [-0.39, 0.29) is 18.5 Å². The van der Waals surface area contributed by atoms with Crippen LogP contribution in [-0.4, -0.2) is 100 Å². The Kier molecular flexibility index (Phi) is 71.0. The van der Waals surface area contributed by atoms with Crippen molar-refractivity contribution >= 4 is 11.9 Å². The van der Waals surface area contributed by atoms with Crippen LogP contribution in [-0.2, 0) is 23.8 Å². The third-order valence-corrected chi connectivity index (χ3v) is 19.8. The van der Waals surface area contributed by atoms with Crippen molar-refractivity contribution in [1.29, 1.82) is 0 Å². The van der Waals surface area contributed by atoms with Gasteiger partial charge in [-0.05, 0) is 103 Å². The molecule has 7 atom stereocenters. The van der Waals surface area contributed by atoms with Crippen LogP contribution in [0.5, 0.6) is 0 Å². The summed E-state index contributed by atoms with van der Waals surface area (Å²) < 4.78 is 16.8. The zero-order valence-corrected chi connectivity index (χ0v) is 63.6. The van der Waals surface area contributed by atoms with Crippen molar-refractivity contribution in [2.24, 2.45) is 0 Å². The molecule has 0 aromatic rings. The first-order valence-electron chi connectivity index (χ1n) is 42.1. The van der Waals surface area contributed by atoms with Gasteiger partial charge in [0.05, 0.1) is 32.0 Å². The summed E-state index contributed by atoms with van der Waals surface area (Å²) in [6, 6.07) is -0.826. The first kappa shape index (κ1) is 92.4. The van der Waals surface area contributed by atoms with Gasteiger partial charge in [0, 0.05) is 12.8 Å². The number of allylic oxidation sites excluding steroid dienone is 9. The molecule has 1 rings (SSSR count). The van der Waals surface area contributed by atoms with Crippen LogP contribution in [0.2, 0.25) is 0 Å². The summed E-state index contributed by atoms with van der Waals surface area (Å²) in [4.78, 5) is 25.2. The van der Waals surface area contributed by atoms with Crippen LogP contribution in [0.4, 0.5) is 0 Å². The molecule has 1 fully saturated rings. The van der Waals surface area contributed by atoms with Crippen LogP contribution >= 0.6 is 0 Å². The Labute approximate surface area is 598 Å². The van der Waals surface area contributed by atoms with E-state index in [4.69, 9.17) is 14.2 Å². The number of unbranched alkanes of at least 4 members (excludes halogenated alkanes) is 53. The molecule has 0 aromatic carbocycles. The van der Waals surface area contributed by atoms with E-state index in [0.717, 1.165) is 64.2 Å². The van der Waals surface area contributed by atoms with Crippen LogP contribution in [0, 0.1) is 0 Å². The van der Waals surface area contributed by atoms with Crippen molar-refractivity contribution in [3.63, 3.8) is 0 Å². The summed E-state index contributed by atoms with van der Waals surface area (Å²) in [5, 5.41) is 54.6. The first-order chi connectivity index (χ1) is 47.7. The fraction of sp³-hybridized carbons (Fsp3) is 0.860. The van der Waals surface area contributed by atoms with Gasteiger partial charge in [0.2, 0.25) is 5.91 Å². The van der Waals surface area contributed by atoms with E-state index in [1.807, 2.05) is 6.08 Å². The molecule has 568 valence electrons. The second kappa shape index (κ2) is 74.5. The predicted molar refractivity (Wildman–Crippen MR) is 412 cm³/mol. The lowest BCUT2D eigenvalue weighted by Gasteiger charge is -2.40. The van der Waals surface area contributed by atoms with Gasteiger partial charge in [-0.2, -0.15) is 0 Å². The molecule has 0 spiro atoms. The summed E-state index contributed by atoms with van der Waals surface area (Å²) >= 11 is 0. The molecule has 1 heterocycles. The highest BCUT2D eigenvalue weighted by Crippen LogP contribution is 2.24. The number of carbonyl (C=O) groups is 2. The van der Waals surface area contributed by atoms with Crippen molar-refractivity contribution in [3.8, 4) is 0 Å². The summed E-state index contributed by atoms with van der Waals surface area (Å²) in [5.74, 6) is -0.179. The molecule has 0 bridgehead atoms. The average Bonchev–Trinajstić information content (AvgIpc) is 0.869. The van der Waals surface area contributed by atoms with E-state index >= 15 is 0 Å². The lowest BCUT2D eigenvalue weighted by Crippen LogP contribution is -2.60. The molecular weight excluding hydrogens is 1210 g/mol. The number of carbonyl (C=O) groups excluding carboxylic acids is 2. The monoisotopic (exact) mass is 1370 g/mol. The maximum Gasteiger partial charge on any atom is 0.305 e. The maximum atomic E-state index is 13.1. The highest BCUT2D eigenvalue weighted by molar-refractivity contribution is 5.76. The summed E-state index contributed by atoms with van der Waals surface area (Å²) in [6.45, 7) is 4.37. The highest BCUT2D eigenvalue weighted by Gasteiger charge is 2.44. The molecular formula is C86H159NO10. The summed E-state index contributed by atoms with van der Waals surface area (Å²) in [5.41, 5.74) is 0. The Hall–Kier alpha value is -2.64. The van der Waals surface area contributed by atoms with Crippen molar-refractivity contribution in [1.82, 2.24) is 5.32 Å². The lowest BCUT2D eigenvalue weighted by atomic mass is 9.99. The number of aliphatic hydroxyl groups excluding tert-OH is 5. The number of esters is 1. The molecule has 6 N–H and O–H groups in total. The zero-order chi connectivity index (χ0) is 70.1. The van der Waals surface area contributed by atoms with Gasteiger partial charge in [-0.3, -0.25) is 9.59 Å². The van der Waals surface area contributed by atoms with Crippen molar-refractivity contribution in [3.05, 3.63) is 60.8 Å². The van der Waals surface area contributed by atoms with Gasteiger partial charge in [-0.25, -0.2) is 0 Å². The van der Waals surface area contributed by atoms with Gasteiger partial charge in [0.25, 0.3) is 0 Å². The van der Waals surface area contributed by atoms with Crippen LogP contribution in [0.3, 0.4) is 0 Å². The maximum absolute atomic E-state index is 13.1. The third kappa shape index (κ3) is 62.8. The molecule has 11 nitrogen and oxygen atoms in total. The fourth-order valence-corrected chi connectivity index (χ4v) is 13.2. The van der Waals surface area contributed by atoms with Gasteiger partial charge in [0.1, 0.15) is 24.4 Å².